The second-order valence-corrected chi connectivity index (χ2v) is 6.13. The summed E-state index contributed by atoms with van der Waals surface area (Å²) in [6, 6.07) is 11.7. The third-order valence-electron chi connectivity index (χ3n) is 3.02. The highest BCUT2D eigenvalue weighted by Crippen LogP contribution is 2.26. The van der Waals surface area contributed by atoms with E-state index in [2.05, 4.69) is 17.4 Å². The first-order valence-corrected chi connectivity index (χ1v) is 7.35. The zero-order valence-corrected chi connectivity index (χ0v) is 12.6. The lowest BCUT2D eigenvalue weighted by Crippen LogP contribution is -2.21. The molecule has 1 aromatic heterocycles. The van der Waals surface area contributed by atoms with Gasteiger partial charge in [0.2, 0.25) is 0 Å². The second kappa shape index (κ2) is 6.74. The minimum Gasteiger partial charge on any atom is -0.409 e. The summed E-state index contributed by atoms with van der Waals surface area (Å²) in [5, 5.41) is 15.3. The topological polar surface area (TPSA) is 70.6 Å². The van der Waals surface area contributed by atoms with Gasteiger partial charge in [0, 0.05) is 23.0 Å². The minimum absolute atomic E-state index is 0.120. The van der Waals surface area contributed by atoms with Crippen LogP contribution in [0.3, 0.4) is 0 Å². The smallest absolute Gasteiger partial charge is 0.170 e. The zero-order valence-electron chi connectivity index (χ0n) is 11.0. The molecule has 4 N–H and O–H groups in total. The van der Waals surface area contributed by atoms with E-state index in [1.807, 2.05) is 36.4 Å². The zero-order chi connectivity index (χ0) is 14.5. The van der Waals surface area contributed by atoms with Crippen molar-refractivity contribution in [2.45, 2.75) is 19.5 Å². The van der Waals surface area contributed by atoms with Gasteiger partial charge in [-0.15, -0.1) is 11.3 Å². The van der Waals surface area contributed by atoms with Gasteiger partial charge in [-0.1, -0.05) is 41.0 Å². The van der Waals surface area contributed by atoms with Crippen molar-refractivity contribution in [2.75, 3.05) is 0 Å². The van der Waals surface area contributed by atoms with Gasteiger partial charge in [-0.3, -0.25) is 0 Å². The summed E-state index contributed by atoms with van der Waals surface area (Å²) in [6.07, 6.45) is 0. The molecule has 0 saturated carbocycles. The summed E-state index contributed by atoms with van der Waals surface area (Å²) in [5.74, 6) is 0.120. The number of amidine groups is 1. The Hall–Kier alpha value is -1.56. The van der Waals surface area contributed by atoms with Crippen LogP contribution < -0.4 is 11.1 Å². The fourth-order valence-electron chi connectivity index (χ4n) is 1.90. The molecule has 0 spiro atoms. The molecule has 0 radical (unpaired) electrons. The van der Waals surface area contributed by atoms with Crippen molar-refractivity contribution in [1.29, 1.82) is 0 Å². The number of nitrogens with two attached hydrogens (primary N) is 1. The van der Waals surface area contributed by atoms with Crippen LogP contribution in [0.5, 0.6) is 0 Å². The SMILES string of the molecule is CC(NCc1ccccc1C(N)=NO)c1ccc(Cl)s1. The predicted molar refractivity (Wildman–Crippen MR) is 83.5 cm³/mol. The predicted octanol–water partition coefficient (Wildman–Crippen LogP) is 3.35. The Morgan fingerprint density at radius 1 is 1.40 bits per heavy atom. The van der Waals surface area contributed by atoms with Gasteiger partial charge >= 0.3 is 0 Å². The van der Waals surface area contributed by atoms with E-state index in [9.17, 15) is 0 Å². The average molecular weight is 310 g/mol. The second-order valence-electron chi connectivity index (χ2n) is 4.39. The van der Waals surface area contributed by atoms with Gasteiger partial charge < -0.3 is 16.3 Å². The third-order valence-corrected chi connectivity index (χ3v) is 4.43. The number of hydrogen-bond donors (Lipinski definition) is 3. The highest BCUT2D eigenvalue weighted by atomic mass is 35.5. The van der Waals surface area contributed by atoms with Crippen molar-refractivity contribution in [3.05, 3.63) is 56.7 Å². The van der Waals surface area contributed by atoms with Crippen LogP contribution in [0, 0.1) is 0 Å². The largest absolute Gasteiger partial charge is 0.409 e. The maximum atomic E-state index is 8.80. The molecule has 1 atom stereocenters. The molecule has 4 nitrogen and oxygen atoms in total. The van der Waals surface area contributed by atoms with Gasteiger partial charge in [-0.25, -0.2) is 0 Å². The third kappa shape index (κ3) is 3.50. The summed E-state index contributed by atoms with van der Waals surface area (Å²) >= 11 is 7.50. The molecule has 0 amide bonds. The number of benzene rings is 1. The maximum Gasteiger partial charge on any atom is 0.170 e. The van der Waals surface area contributed by atoms with E-state index in [-0.39, 0.29) is 11.9 Å². The Bertz CT molecular complexity index is 612. The Balaban J connectivity index is 2.08. The molecule has 0 saturated heterocycles. The van der Waals surface area contributed by atoms with Crippen molar-refractivity contribution < 1.29 is 5.21 Å². The molecule has 1 heterocycles. The quantitative estimate of drug-likeness (QED) is 0.343. The first-order chi connectivity index (χ1) is 9.61. The number of nitrogens with zero attached hydrogens (tertiary/aromatic N) is 1. The molecule has 2 rings (SSSR count). The van der Waals surface area contributed by atoms with Gasteiger partial charge in [0.15, 0.2) is 5.84 Å². The van der Waals surface area contributed by atoms with Gasteiger partial charge in [0.1, 0.15) is 0 Å². The molecule has 106 valence electrons. The van der Waals surface area contributed by atoms with Crippen LogP contribution in [0.15, 0.2) is 41.6 Å². The molecule has 6 heteroatoms. The summed E-state index contributed by atoms with van der Waals surface area (Å²) < 4.78 is 0.783. The van der Waals surface area contributed by atoms with Crippen LogP contribution in [-0.4, -0.2) is 11.0 Å². The van der Waals surface area contributed by atoms with E-state index < -0.39 is 0 Å². The monoisotopic (exact) mass is 309 g/mol. The molecule has 2 aromatic rings. The van der Waals surface area contributed by atoms with E-state index in [0.717, 1.165) is 15.5 Å². The van der Waals surface area contributed by atoms with Crippen LogP contribution in [0.25, 0.3) is 0 Å². The molecule has 20 heavy (non-hydrogen) atoms. The number of hydrogen-bond acceptors (Lipinski definition) is 4. The summed E-state index contributed by atoms with van der Waals surface area (Å²) in [4.78, 5) is 1.18. The summed E-state index contributed by atoms with van der Waals surface area (Å²) in [5.41, 5.74) is 7.39. The standard InChI is InChI=1S/C14H16ClN3OS/c1-9(12-6-7-13(15)20-12)17-8-10-4-2-3-5-11(10)14(16)18-19/h2-7,9,17,19H,8H2,1H3,(H2,16,18). The fraction of sp³-hybridized carbons (Fsp3) is 0.214. The lowest BCUT2D eigenvalue weighted by molar-refractivity contribution is 0.318. The Kier molecular flexibility index (Phi) is 5.00. The van der Waals surface area contributed by atoms with Crippen molar-refractivity contribution in [3.63, 3.8) is 0 Å². The van der Waals surface area contributed by atoms with E-state index in [4.69, 9.17) is 22.5 Å². The van der Waals surface area contributed by atoms with E-state index in [0.29, 0.717) is 6.54 Å². The Labute approximate surface area is 126 Å². The molecule has 1 unspecified atom stereocenters. The van der Waals surface area contributed by atoms with Gasteiger partial charge in [0.05, 0.1) is 4.34 Å². The van der Waals surface area contributed by atoms with Gasteiger partial charge in [0.25, 0.3) is 0 Å². The lowest BCUT2D eigenvalue weighted by atomic mass is 10.1. The number of thiophene rings is 1. The minimum atomic E-state index is 0.120. The van der Waals surface area contributed by atoms with E-state index in [1.165, 1.54) is 4.88 Å². The molecule has 0 fully saturated rings. The van der Waals surface area contributed by atoms with Crippen LogP contribution in [0.2, 0.25) is 4.34 Å². The number of halogens is 1. The molecule has 0 aliphatic heterocycles. The van der Waals surface area contributed by atoms with Crippen molar-refractivity contribution in [2.24, 2.45) is 10.9 Å². The van der Waals surface area contributed by atoms with Crippen LogP contribution in [-0.2, 0) is 6.54 Å². The lowest BCUT2D eigenvalue weighted by Gasteiger charge is -2.14. The number of oxime groups is 1. The van der Waals surface area contributed by atoms with Gasteiger partial charge in [-0.05, 0) is 24.6 Å². The summed E-state index contributed by atoms with van der Waals surface area (Å²) in [6.45, 7) is 2.71. The average Bonchev–Trinajstić information content (AvgIpc) is 2.91. The maximum absolute atomic E-state index is 8.80. The molecule has 1 aromatic carbocycles. The first-order valence-electron chi connectivity index (χ1n) is 6.16. The molecule has 0 aliphatic rings. The van der Waals surface area contributed by atoms with E-state index in [1.54, 1.807) is 11.3 Å². The molecule has 0 aliphatic carbocycles. The van der Waals surface area contributed by atoms with Crippen molar-refractivity contribution in [1.82, 2.24) is 5.32 Å². The van der Waals surface area contributed by atoms with Crippen molar-refractivity contribution in [3.8, 4) is 0 Å². The van der Waals surface area contributed by atoms with Gasteiger partial charge in [-0.2, -0.15) is 0 Å². The molecular formula is C14H16ClN3OS. The normalized spacial score (nSPS) is 13.4. The highest BCUT2D eigenvalue weighted by molar-refractivity contribution is 7.16. The van der Waals surface area contributed by atoms with Crippen molar-refractivity contribution >= 4 is 28.8 Å². The highest BCUT2D eigenvalue weighted by Gasteiger charge is 2.10. The van der Waals surface area contributed by atoms with Crippen LogP contribution in [0.4, 0.5) is 0 Å². The number of rotatable bonds is 5. The first kappa shape index (κ1) is 14.8. The number of nitrogens with one attached hydrogen (secondary N) is 1. The Morgan fingerprint density at radius 2 is 2.15 bits per heavy atom. The summed E-state index contributed by atoms with van der Waals surface area (Å²) in [7, 11) is 0. The van der Waals surface area contributed by atoms with Crippen LogP contribution >= 0.6 is 22.9 Å². The van der Waals surface area contributed by atoms with E-state index >= 15 is 0 Å². The van der Waals surface area contributed by atoms with Crippen LogP contribution in [0.1, 0.15) is 29.0 Å². The molecule has 0 bridgehead atoms. The fourth-order valence-corrected chi connectivity index (χ4v) is 2.99. The Morgan fingerprint density at radius 3 is 2.80 bits per heavy atom. The molecular weight excluding hydrogens is 294 g/mol.